The zero-order valence-corrected chi connectivity index (χ0v) is 11.6. The summed E-state index contributed by atoms with van der Waals surface area (Å²) in [5, 5.41) is 0.102. The van der Waals surface area contributed by atoms with E-state index in [0.29, 0.717) is 20.6 Å². The highest BCUT2D eigenvalue weighted by Gasteiger charge is 2.38. The fourth-order valence-corrected chi connectivity index (χ4v) is 5.01. The van der Waals surface area contributed by atoms with E-state index in [1.807, 2.05) is 0 Å². The van der Waals surface area contributed by atoms with Gasteiger partial charge >= 0.3 is 0 Å². The average molecular weight is 316 g/mol. The van der Waals surface area contributed by atoms with Crippen LogP contribution in [0, 0.1) is 5.82 Å². The van der Waals surface area contributed by atoms with Gasteiger partial charge in [0.25, 0.3) is 0 Å². The topological polar surface area (TPSA) is 29.4 Å². The summed E-state index contributed by atoms with van der Waals surface area (Å²) in [6, 6.07) is 3.34. The standard InChI is InChI=1S/C12H11BrFNOS/c1-7-6-9-11(5-4-10(13)12(9)14)17(16,15-7)8-2-3-8/h4-6,8H,2-3H2,1H3. The van der Waals surface area contributed by atoms with Crippen molar-refractivity contribution in [3.8, 4) is 0 Å². The van der Waals surface area contributed by atoms with E-state index in [0.717, 1.165) is 12.8 Å². The molecule has 1 heterocycles. The van der Waals surface area contributed by atoms with Gasteiger partial charge in [-0.3, -0.25) is 0 Å². The van der Waals surface area contributed by atoms with Crippen molar-refractivity contribution in [3.63, 3.8) is 0 Å². The van der Waals surface area contributed by atoms with Crippen molar-refractivity contribution in [1.82, 2.24) is 0 Å². The average Bonchev–Trinajstić information content (AvgIpc) is 3.07. The molecule has 0 spiro atoms. The van der Waals surface area contributed by atoms with Crippen LogP contribution in [0.15, 0.2) is 31.6 Å². The summed E-state index contributed by atoms with van der Waals surface area (Å²) in [5.41, 5.74) is 1.08. The Balaban J connectivity index is 2.36. The molecule has 0 aromatic heterocycles. The highest BCUT2D eigenvalue weighted by atomic mass is 79.9. The van der Waals surface area contributed by atoms with Gasteiger partial charge in [-0.1, -0.05) is 0 Å². The van der Waals surface area contributed by atoms with E-state index in [1.165, 1.54) is 0 Å². The second kappa shape index (κ2) is 3.65. The maximum absolute atomic E-state index is 14.0. The van der Waals surface area contributed by atoms with Gasteiger partial charge in [0.05, 0.1) is 19.1 Å². The van der Waals surface area contributed by atoms with Crippen LogP contribution in [-0.2, 0) is 9.73 Å². The van der Waals surface area contributed by atoms with E-state index in [9.17, 15) is 8.60 Å². The van der Waals surface area contributed by atoms with Crippen molar-refractivity contribution in [3.05, 3.63) is 33.7 Å². The van der Waals surface area contributed by atoms with Gasteiger partial charge in [0.15, 0.2) is 0 Å². The maximum atomic E-state index is 14.0. The lowest BCUT2D eigenvalue weighted by Gasteiger charge is -2.18. The Morgan fingerprint density at radius 3 is 2.82 bits per heavy atom. The molecule has 1 aromatic rings. The lowest BCUT2D eigenvalue weighted by molar-refractivity contribution is 0.611. The van der Waals surface area contributed by atoms with Gasteiger partial charge in [0, 0.05) is 16.5 Å². The molecule has 0 radical (unpaired) electrons. The number of hydrogen-bond donors (Lipinski definition) is 0. The summed E-state index contributed by atoms with van der Waals surface area (Å²) in [5.74, 6) is -0.342. The van der Waals surface area contributed by atoms with Crippen molar-refractivity contribution < 1.29 is 8.60 Å². The minimum atomic E-state index is -2.45. The quantitative estimate of drug-likeness (QED) is 0.771. The Bertz CT molecular complexity index is 655. The Labute approximate surface area is 108 Å². The largest absolute Gasteiger partial charge is 0.244 e. The number of nitrogens with zero attached hydrogens (tertiary/aromatic N) is 1. The summed E-state index contributed by atoms with van der Waals surface area (Å²) < 4.78 is 31.6. The van der Waals surface area contributed by atoms with Gasteiger partial charge in [-0.25, -0.2) is 8.60 Å². The SMILES string of the molecule is CC1=Cc2c(ccc(Br)c2F)S(=O)(C2CC2)=N1. The number of benzene rings is 1. The van der Waals surface area contributed by atoms with Gasteiger partial charge in [0.2, 0.25) is 0 Å². The molecule has 3 rings (SSSR count). The second-order valence-corrected chi connectivity index (χ2v) is 7.70. The molecule has 1 unspecified atom stereocenters. The Hall–Kier alpha value is -0.680. The van der Waals surface area contributed by atoms with Gasteiger partial charge in [0.1, 0.15) is 5.82 Å². The van der Waals surface area contributed by atoms with E-state index >= 15 is 0 Å². The van der Waals surface area contributed by atoms with Crippen LogP contribution in [-0.4, -0.2) is 9.46 Å². The predicted octanol–water partition coefficient (Wildman–Crippen LogP) is 3.95. The first-order valence-corrected chi connectivity index (χ1v) is 7.82. The molecular formula is C12H11BrFNOS. The fourth-order valence-electron chi connectivity index (χ4n) is 2.08. The first kappa shape index (κ1) is 11.4. The third kappa shape index (κ3) is 1.67. The predicted molar refractivity (Wildman–Crippen MR) is 69.6 cm³/mol. The minimum Gasteiger partial charge on any atom is -0.244 e. The molecule has 1 aliphatic heterocycles. The molecule has 0 bridgehead atoms. The highest BCUT2D eigenvalue weighted by molar-refractivity contribution is 9.10. The Morgan fingerprint density at radius 2 is 2.18 bits per heavy atom. The van der Waals surface area contributed by atoms with Crippen molar-refractivity contribution >= 4 is 31.7 Å². The third-order valence-electron chi connectivity index (χ3n) is 3.02. The monoisotopic (exact) mass is 315 g/mol. The molecule has 17 heavy (non-hydrogen) atoms. The zero-order chi connectivity index (χ0) is 12.2. The van der Waals surface area contributed by atoms with Gasteiger partial charge in [-0.2, -0.15) is 4.36 Å². The highest BCUT2D eigenvalue weighted by Crippen LogP contribution is 2.41. The molecule has 1 atom stereocenters. The maximum Gasteiger partial charge on any atom is 0.145 e. The van der Waals surface area contributed by atoms with Crippen molar-refractivity contribution in [1.29, 1.82) is 0 Å². The summed E-state index contributed by atoms with van der Waals surface area (Å²) >= 11 is 3.16. The summed E-state index contributed by atoms with van der Waals surface area (Å²) in [7, 11) is -2.45. The number of allylic oxidation sites excluding steroid dienone is 1. The fraction of sp³-hybridized carbons (Fsp3) is 0.333. The van der Waals surface area contributed by atoms with Gasteiger partial charge in [-0.05, 0) is 53.9 Å². The van der Waals surface area contributed by atoms with Crippen LogP contribution in [0.2, 0.25) is 0 Å². The van der Waals surface area contributed by atoms with Crippen LogP contribution in [0.25, 0.3) is 6.08 Å². The number of hydrogen-bond acceptors (Lipinski definition) is 2. The first-order valence-electron chi connectivity index (χ1n) is 5.45. The second-order valence-electron chi connectivity index (χ2n) is 4.42. The van der Waals surface area contributed by atoms with Crippen molar-refractivity contribution in [2.24, 2.45) is 4.36 Å². The molecule has 90 valence electrons. The zero-order valence-electron chi connectivity index (χ0n) is 9.24. The van der Waals surface area contributed by atoms with Gasteiger partial charge < -0.3 is 0 Å². The number of halogens is 2. The van der Waals surface area contributed by atoms with E-state index in [2.05, 4.69) is 20.3 Å². The lowest BCUT2D eigenvalue weighted by atomic mass is 10.2. The Kier molecular flexibility index (Phi) is 2.45. The summed E-state index contributed by atoms with van der Waals surface area (Å²) in [4.78, 5) is 0.561. The van der Waals surface area contributed by atoms with E-state index < -0.39 is 9.73 Å². The molecule has 2 aliphatic rings. The molecule has 1 saturated carbocycles. The van der Waals surface area contributed by atoms with Crippen LogP contribution < -0.4 is 0 Å². The van der Waals surface area contributed by atoms with Crippen LogP contribution in [0.1, 0.15) is 25.3 Å². The third-order valence-corrected chi connectivity index (χ3v) is 6.55. The minimum absolute atomic E-state index is 0.102. The van der Waals surface area contributed by atoms with Crippen LogP contribution in [0.3, 0.4) is 0 Å². The Morgan fingerprint density at radius 1 is 1.47 bits per heavy atom. The van der Waals surface area contributed by atoms with E-state index in [1.54, 1.807) is 25.1 Å². The normalized spacial score (nSPS) is 27.1. The molecular weight excluding hydrogens is 305 g/mol. The molecule has 2 nitrogen and oxygen atoms in total. The number of fused-ring (bicyclic) bond motifs is 1. The molecule has 1 aliphatic carbocycles. The van der Waals surface area contributed by atoms with Crippen LogP contribution >= 0.6 is 15.9 Å². The van der Waals surface area contributed by atoms with E-state index in [4.69, 9.17) is 0 Å². The van der Waals surface area contributed by atoms with Crippen LogP contribution in [0.5, 0.6) is 0 Å². The molecule has 0 amide bonds. The summed E-state index contributed by atoms with van der Waals surface area (Å²) in [6.45, 7) is 1.77. The van der Waals surface area contributed by atoms with Crippen molar-refractivity contribution in [2.45, 2.75) is 29.9 Å². The molecule has 1 fully saturated rings. The smallest absolute Gasteiger partial charge is 0.145 e. The summed E-state index contributed by atoms with van der Waals surface area (Å²) in [6.07, 6.45) is 3.51. The number of rotatable bonds is 1. The molecule has 0 N–H and O–H groups in total. The molecule has 1 aromatic carbocycles. The first-order chi connectivity index (χ1) is 8.02. The van der Waals surface area contributed by atoms with Crippen LogP contribution in [0.4, 0.5) is 4.39 Å². The van der Waals surface area contributed by atoms with E-state index in [-0.39, 0.29) is 11.1 Å². The van der Waals surface area contributed by atoms with Gasteiger partial charge in [-0.15, -0.1) is 0 Å². The lowest BCUT2D eigenvalue weighted by Crippen LogP contribution is -2.13. The molecule has 5 heteroatoms. The van der Waals surface area contributed by atoms with Crippen molar-refractivity contribution in [2.75, 3.05) is 0 Å². The molecule has 0 saturated heterocycles.